The number of carbonyl (C=O) groups excluding carboxylic acids is 2. The number of esters is 1. The van der Waals surface area contributed by atoms with Gasteiger partial charge in [-0.25, -0.2) is 8.42 Å². The summed E-state index contributed by atoms with van der Waals surface area (Å²) in [7, 11) is -3.60. The standard InChI is InChI=1S/C21H28N2O5S/c1-16-8-9-17(2)19(14-16)29(26,27)23-12-10-22(11-13-23)20(24)15-28-21(25)18-6-4-3-5-7-18/h3-4,8-9,14,18H,5-7,10-13,15H2,1-2H3/t18-/m0/s1. The first-order chi connectivity index (χ1) is 13.8. The number of aryl methyl sites for hydroxylation is 2. The van der Waals surface area contributed by atoms with Gasteiger partial charge in [-0.1, -0.05) is 24.3 Å². The van der Waals surface area contributed by atoms with Crippen molar-refractivity contribution in [2.45, 2.75) is 38.0 Å². The van der Waals surface area contributed by atoms with E-state index in [2.05, 4.69) is 0 Å². The molecule has 1 aromatic carbocycles. The molecular formula is C21H28N2O5S. The third-order valence-electron chi connectivity index (χ3n) is 5.49. The van der Waals surface area contributed by atoms with Crippen molar-refractivity contribution in [2.75, 3.05) is 32.8 Å². The van der Waals surface area contributed by atoms with E-state index in [0.717, 1.165) is 18.4 Å². The highest BCUT2D eigenvalue weighted by Gasteiger charge is 2.31. The molecule has 0 aromatic heterocycles. The number of nitrogens with zero attached hydrogens (tertiary/aromatic N) is 2. The summed E-state index contributed by atoms with van der Waals surface area (Å²) in [6.45, 7) is 4.37. The Kier molecular flexibility index (Phi) is 6.74. The zero-order valence-corrected chi connectivity index (χ0v) is 17.8. The van der Waals surface area contributed by atoms with Crippen molar-refractivity contribution in [3.8, 4) is 0 Å². The molecule has 1 saturated heterocycles. The Bertz CT molecular complexity index is 902. The first-order valence-electron chi connectivity index (χ1n) is 9.96. The fraction of sp³-hybridized carbons (Fsp3) is 0.524. The van der Waals surface area contributed by atoms with E-state index in [4.69, 9.17) is 4.74 Å². The van der Waals surface area contributed by atoms with Crippen molar-refractivity contribution >= 4 is 21.9 Å². The fourth-order valence-electron chi connectivity index (χ4n) is 3.65. The van der Waals surface area contributed by atoms with Gasteiger partial charge in [-0.05, 0) is 50.3 Å². The highest BCUT2D eigenvalue weighted by atomic mass is 32.2. The van der Waals surface area contributed by atoms with Gasteiger partial charge in [0.2, 0.25) is 10.0 Å². The van der Waals surface area contributed by atoms with Crippen LogP contribution < -0.4 is 0 Å². The lowest BCUT2D eigenvalue weighted by Crippen LogP contribution is -2.51. The Morgan fingerprint density at radius 1 is 1.10 bits per heavy atom. The highest BCUT2D eigenvalue weighted by molar-refractivity contribution is 7.89. The summed E-state index contributed by atoms with van der Waals surface area (Å²) in [5.74, 6) is -0.792. The average molecular weight is 421 g/mol. The molecule has 1 aromatic rings. The number of allylic oxidation sites excluding steroid dienone is 2. The van der Waals surface area contributed by atoms with E-state index >= 15 is 0 Å². The monoisotopic (exact) mass is 420 g/mol. The van der Waals surface area contributed by atoms with E-state index in [0.29, 0.717) is 16.9 Å². The Labute approximate surface area is 172 Å². The fourth-order valence-corrected chi connectivity index (χ4v) is 5.38. The number of benzene rings is 1. The minimum atomic E-state index is -3.60. The summed E-state index contributed by atoms with van der Waals surface area (Å²) < 4.78 is 32.6. The molecule has 1 heterocycles. The summed E-state index contributed by atoms with van der Waals surface area (Å²) in [6.07, 6.45) is 6.26. The number of amides is 1. The Morgan fingerprint density at radius 3 is 2.48 bits per heavy atom. The molecule has 7 nitrogen and oxygen atoms in total. The number of carbonyl (C=O) groups is 2. The van der Waals surface area contributed by atoms with Crippen LogP contribution in [-0.2, 0) is 24.3 Å². The quantitative estimate of drug-likeness (QED) is 0.538. The minimum absolute atomic E-state index is 0.174. The lowest BCUT2D eigenvalue weighted by molar-refractivity contribution is -0.156. The first-order valence-corrected chi connectivity index (χ1v) is 11.4. The molecular weight excluding hydrogens is 392 g/mol. The maximum Gasteiger partial charge on any atom is 0.309 e. The number of hydrogen-bond acceptors (Lipinski definition) is 5. The maximum absolute atomic E-state index is 13.0. The lowest BCUT2D eigenvalue weighted by atomic mass is 9.95. The topological polar surface area (TPSA) is 84.0 Å². The zero-order chi connectivity index (χ0) is 21.0. The summed E-state index contributed by atoms with van der Waals surface area (Å²) in [5.41, 5.74) is 1.59. The summed E-state index contributed by atoms with van der Waals surface area (Å²) >= 11 is 0. The van der Waals surface area contributed by atoms with Crippen molar-refractivity contribution < 1.29 is 22.7 Å². The predicted octanol–water partition coefficient (Wildman–Crippen LogP) is 2.04. The van der Waals surface area contributed by atoms with Crippen molar-refractivity contribution in [1.82, 2.24) is 9.21 Å². The lowest BCUT2D eigenvalue weighted by Gasteiger charge is -2.34. The molecule has 8 heteroatoms. The first kappa shape index (κ1) is 21.5. The summed E-state index contributed by atoms with van der Waals surface area (Å²) in [5, 5.41) is 0. The Hall–Kier alpha value is -2.19. The summed E-state index contributed by atoms with van der Waals surface area (Å²) in [6, 6.07) is 5.37. The normalized spacial score (nSPS) is 20.5. The summed E-state index contributed by atoms with van der Waals surface area (Å²) in [4.78, 5) is 26.3. The molecule has 3 rings (SSSR count). The van der Waals surface area contributed by atoms with Crippen LogP contribution in [0.4, 0.5) is 0 Å². The van der Waals surface area contributed by atoms with Crippen molar-refractivity contribution in [3.05, 3.63) is 41.5 Å². The maximum atomic E-state index is 13.0. The Balaban J connectivity index is 1.53. The predicted molar refractivity (Wildman–Crippen MR) is 109 cm³/mol. The number of sulfonamides is 1. The molecule has 2 aliphatic rings. The van der Waals surface area contributed by atoms with E-state index in [9.17, 15) is 18.0 Å². The van der Waals surface area contributed by atoms with Crippen LogP contribution >= 0.6 is 0 Å². The van der Waals surface area contributed by atoms with Gasteiger partial charge < -0.3 is 9.64 Å². The van der Waals surface area contributed by atoms with Gasteiger partial charge in [0.15, 0.2) is 6.61 Å². The molecule has 0 spiro atoms. The number of piperazine rings is 1. The SMILES string of the molecule is Cc1ccc(C)c(S(=O)(=O)N2CCN(C(=O)COC(=O)[C@H]3CC=CCC3)CC2)c1. The molecule has 0 bridgehead atoms. The third kappa shape index (κ3) is 5.05. The molecule has 158 valence electrons. The second-order valence-electron chi connectivity index (χ2n) is 7.64. The number of hydrogen-bond donors (Lipinski definition) is 0. The van der Waals surface area contributed by atoms with E-state index in [1.165, 1.54) is 4.31 Å². The van der Waals surface area contributed by atoms with Crippen LogP contribution in [-0.4, -0.2) is 62.3 Å². The van der Waals surface area contributed by atoms with Crippen LogP contribution in [0.2, 0.25) is 0 Å². The van der Waals surface area contributed by atoms with Crippen LogP contribution in [0.3, 0.4) is 0 Å². The molecule has 1 amide bonds. The van der Waals surface area contributed by atoms with E-state index < -0.39 is 10.0 Å². The minimum Gasteiger partial charge on any atom is -0.455 e. The molecule has 1 atom stereocenters. The molecule has 1 aliphatic heterocycles. The van der Waals surface area contributed by atoms with Crippen molar-refractivity contribution in [1.29, 1.82) is 0 Å². The van der Waals surface area contributed by atoms with E-state index in [1.807, 2.05) is 25.1 Å². The Morgan fingerprint density at radius 2 is 1.83 bits per heavy atom. The molecule has 0 N–H and O–H groups in total. The van der Waals surface area contributed by atoms with E-state index in [-0.39, 0.29) is 50.6 Å². The van der Waals surface area contributed by atoms with Crippen LogP contribution in [0.25, 0.3) is 0 Å². The molecule has 0 radical (unpaired) electrons. The van der Waals surface area contributed by atoms with Gasteiger partial charge in [0.1, 0.15) is 0 Å². The van der Waals surface area contributed by atoms with Gasteiger partial charge in [0, 0.05) is 26.2 Å². The van der Waals surface area contributed by atoms with Crippen molar-refractivity contribution in [3.63, 3.8) is 0 Å². The molecule has 29 heavy (non-hydrogen) atoms. The highest BCUT2D eigenvalue weighted by Crippen LogP contribution is 2.23. The molecule has 1 fully saturated rings. The average Bonchev–Trinajstić information content (AvgIpc) is 2.74. The van der Waals surface area contributed by atoms with Gasteiger partial charge in [-0.2, -0.15) is 4.31 Å². The van der Waals surface area contributed by atoms with Gasteiger partial charge >= 0.3 is 5.97 Å². The van der Waals surface area contributed by atoms with Crippen LogP contribution in [0.5, 0.6) is 0 Å². The smallest absolute Gasteiger partial charge is 0.309 e. The van der Waals surface area contributed by atoms with Crippen LogP contribution in [0.1, 0.15) is 30.4 Å². The number of rotatable bonds is 5. The van der Waals surface area contributed by atoms with E-state index in [1.54, 1.807) is 24.0 Å². The second kappa shape index (κ2) is 9.09. The van der Waals surface area contributed by atoms with Gasteiger partial charge in [-0.3, -0.25) is 9.59 Å². The van der Waals surface area contributed by atoms with Crippen LogP contribution in [0.15, 0.2) is 35.2 Å². The van der Waals surface area contributed by atoms with Gasteiger partial charge in [-0.15, -0.1) is 0 Å². The molecule has 1 aliphatic carbocycles. The zero-order valence-electron chi connectivity index (χ0n) is 17.0. The van der Waals surface area contributed by atoms with Crippen molar-refractivity contribution in [2.24, 2.45) is 5.92 Å². The van der Waals surface area contributed by atoms with Gasteiger partial charge in [0.05, 0.1) is 10.8 Å². The van der Waals surface area contributed by atoms with Crippen LogP contribution in [0, 0.1) is 19.8 Å². The third-order valence-corrected chi connectivity index (χ3v) is 7.53. The van der Waals surface area contributed by atoms with Gasteiger partial charge in [0.25, 0.3) is 5.91 Å². The number of ether oxygens (including phenoxy) is 1. The molecule has 0 unspecified atom stereocenters. The second-order valence-corrected chi connectivity index (χ2v) is 9.55. The largest absolute Gasteiger partial charge is 0.455 e. The molecule has 0 saturated carbocycles.